The second-order valence-corrected chi connectivity index (χ2v) is 2.90. The maximum absolute atomic E-state index is 9.22. The maximum atomic E-state index is 9.22. The average Bonchev–Trinajstić information content (AvgIpc) is 2.26. The van der Waals surface area contributed by atoms with Crippen molar-refractivity contribution < 1.29 is 10.2 Å². The van der Waals surface area contributed by atoms with Crippen LogP contribution in [0.2, 0.25) is 0 Å². The van der Waals surface area contributed by atoms with E-state index in [1.807, 2.05) is 13.8 Å². The number of hydrogen-bond acceptors (Lipinski definition) is 3. The van der Waals surface area contributed by atoms with Gasteiger partial charge >= 0.3 is 0 Å². The van der Waals surface area contributed by atoms with Gasteiger partial charge in [-0.3, -0.25) is 0 Å². The summed E-state index contributed by atoms with van der Waals surface area (Å²) in [5.74, 6) is -0.310. The zero-order valence-corrected chi connectivity index (χ0v) is 10.6. The number of para-hydroxylation sites is 1. The van der Waals surface area contributed by atoms with E-state index in [1.54, 1.807) is 12.1 Å². The van der Waals surface area contributed by atoms with Crippen LogP contribution in [0.25, 0.3) is 5.76 Å². The van der Waals surface area contributed by atoms with Crippen molar-refractivity contribution in [2.75, 3.05) is 5.73 Å². The van der Waals surface area contributed by atoms with Crippen LogP contribution in [0.15, 0.2) is 24.8 Å². The van der Waals surface area contributed by atoms with Gasteiger partial charge in [-0.1, -0.05) is 46.8 Å². The molecule has 0 aliphatic heterocycles. The zero-order valence-electron chi connectivity index (χ0n) is 10.6. The number of phenols is 1. The molecule has 0 heterocycles. The Labute approximate surface area is 98.2 Å². The average molecular weight is 225 g/mol. The van der Waals surface area contributed by atoms with E-state index in [9.17, 15) is 5.11 Å². The molecule has 0 aliphatic rings. The van der Waals surface area contributed by atoms with Crippen LogP contribution >= 0.6 is 0 Å². The summed E-state index contributed by atoms with van der Waals surface area (Å²) in [4.78, 5) is 0. The van der Waals surface area contributed by atoms with Gasteiger partial charge in [-0.25, -0.2) is 0 Å². The first-order chi connectivity index (χ1) is 7.54. The van der Waals surface area contributed by atoms with Crippen molar-refractivity contribution in [3.63, 3.8) is 0 Å². The van der Waals surface area contributed by atoms with Gasteiger partial charge < -0.3 is 15.9 Å². The first kappa shape index (κ1) is 16.8. The van der Waals surface area contributed by atoms with E-state index >= 15 is 0 Å². The minimum absolute atomic E-state index is 0.125. The Morgan fingerprint density at radius 3 is 2.06 bits per heavy atom. The summed E-state index contributed by atoms with van der Waals surface area (Å²) in [5.41, 5.74) is 5.86. The lowest BCUT2D eigenvalue weighted by Gasteiger charge is -2.03. The highest BCUT2D eigenvalue weighted by molar-refractivity contribution is 5.69. The smallest absolute Gasteiger partial charge is 0.149 e. The molecule has 0 aliphatic carbocycles. The van der Waals surface area contributed by atoms with Crippen LogP contribution in [0.5, 0.6) is 5.75 Å². The van der Waals surface area contributed by atoms with Crippen molar-refractivity contribution in [3.8, 4) is 5.75 Å². The number of rotatable bonds is 1. The van der Waals surface area contributed by atoms with Crippen molar-refractivity contribution in [2.24, 2.45) is 0 Å². The Morgan fingerprint density at radius 1 is 1.31 bits per heavy atom. The SMILES string of the molecule is C=C(O)c1cccc(N)c1O.CC.CCC. The highest BCUT2D eigenvalue weighted by Crippen LogP contribution is 2.27. The summed E-state index contributed by atoms with van der Waals surface area (Å²) in [7, 11) is 0. The third kappa shape index (κ3) is 5.96. The molecule has 0 unspecified atom stereocenters. The van der Waals surface area contributed by atoms with Gasteiger partial charge in [-0.15, -0.1) is 0 Å². The minimum Gasteiger partial charge on any atom is -0.508 e. The van der Waals surface area contributed by atoms with E-state index in [-0.39, 0.29) is 22.8 Å². The Hall–Kier alpha value is -1.64. The van der Waals surface area contributed by atoms with E-state index < -0.39 is 0 Å². The van der Waals surface area contributed by atoms with E-state index in [0.717, 1.165) is 0 Å². The molecule has 0 bridgehead atoms. The molecule has 16 heavy (non-hydrogen) atoms. The Balaban J connectivity index is 0. The Morgan fingerprint density at radius 2 is 1.75 bits per heavy atom. The molecular weight excluding hydrogens is 202 g/mol. The lowest BCUT2D eigenvalue weighted by atomic mass is 10.1. The number of aromatic hydroxyl groups is 1. The Bertz CT molecular complexity index is 309. The summed E-state index contributed by atoms with van der Waals surface area (Å²) >= 11 is 0. The minimum atomic E-state index is -0.185. The van der Waals surface area contributed by atoms with Crippen LogP contribution in [0.1, 0.15) is 39.7 Å². The number of aliphatic hydroxyl groups excluding tert-OH is 1. The van der Waals surface area contributed by atoms with Gasteiger partial charge in [0.1, 0.15) is 11.5 Å². The van der Waals surface area contributed by atoms with Crippen molar-refractivity contribution in [1.82, 2.24) is 0 Å². The molecule has 1 rings (SSSR count). The van der Waals surface area contributed by atoms with Crippen LogP contribution in [0.4, 0.5) is 5.69 Å². The molecule has 0 saturated heterocycles. The standard InChI is InChI=1S/C8H9NO2.C3H8.C2H6/c1-5(10)6-3-2-4-7(9)8(6)11;1-3-2;1-2/h2-4,10-11H,1,9H2;3H2,1-2H3;1-2H3. The van der Waals surface area contributed by atoms with E-state index in [2.05, 4.69) is 20.4 Å². The number of nitrogen functional groups attached to an aromatic ring is 1. The molecule has 0 spiro atoms. The number of aliphatic hydroxyl groups is 1. The summed E-state index contributed by atoms with van der Waals surface area (Å²) in [6.45, 7) is 11.5. The van der Waals surface area contributed by atoms with Crippen LogP contribution in [0.3, 0.4) is 0 Å². The topological polar surface area (TPSA) is 66.5 Å². The predicted octanol–water partition coefficient (Wildman–Crippen LogP) is 3.95. The molecule has 0 saturated carbocycles. The molecule has 1 aromatic rings. The highest BCUT2D eigenvalue weighted by atomic mass is 16.3. The normalized spacial score (nSPS) is 8.00. The number of nitrogens with two attached hydrogens (primary N) is 1. The molecule has 92 valence electrons. The first-order valence-electron chi connectivity index (χ1n) is 5.50. The van der Waals surface area contributed by atoms with Crippen molar-refractivity contribution in [2.45, 2.75) is 34.1 Å². The fourth-order valence-corrected chi connectivity index (χ4v) is 0.794. The van der Waals surface area contributed by atoms with Gasteiger partial charge in [-0.05, 0) is 12.1 Å². The molecule has 3 heteroatoms. The van der Waals surface area contributed by atoms with E-state index in [0.29, 0.717) is 0 Å². The monoisotopic (exact) mass is 225 g/mol. The molecule has 0 amide bonds. The van der Waals surface area contributed by atoms with Crippen LogP contribution in [0, 0.1) is 0 Å². The first-order valence-corrected chi connectivity index (χ1v) is 5.50. The third-order valence-corrected chi connectivity index (χ3v) is 1.38. The predicted molar refractivity (Wildman–Crippen MR) is 71.5 cm³/mol. The summed E-state index contributed by atoms with van der Waals surface area (Å²) in [6, 6.07) is 4.71. The largest absolute Gasteiger partial charge is 0.508 e. The molecular formula is C13H23NO2. The van der Waals surface area contributed by atoms with Crippen LogP contribution in [-0.4, -0.2) is 10.2 Å². The maximum Gasteiger partial charge on any atom is 0.149 e. The van der Waals surface area contributed by atoms with Gasteiger partial charge in [0.15, 0.2) is 0 Å². The highest BCUT2D eigenvalue weighted by Gasteiger charge is 2.05. The van der Waals surface area contributed by atoms with Crippen LogP contribution in [-0.2, 0) is 0 Å². The number of anilines is 1. The van der Waals surface area contributed by atoms with Crippen molar-refractivity contribution >= 4 is 11.4 Å². The van der Waals surface area contributed by atoms with Gasteiger partial charge in [0, 0.05) is 0 Å². The van der Waals surface area contributed by atoms with E-state index in [1.165, 1.54) is 12.5 Å². The fraction of sp³-hybridized carbons (Fsp3) is 0.385. The van der Waals surface area contributed by atoms with Gasteiger partial charge in [-0.2, -0.15) is 0 Å². The molecule has 0 radical (unpaired) electrons. The molecule has 0 fully saturated rings. The summed E-state index contributed by atoms with van der Waals surface area (Å²) < 4.78 is 0. The third-order valence-electron chi connectivity index (χ3n) is 1.38. The molecule has 4 N–H and O–H groups in total. The van der Waals surface area contributed by atoms with Gasteiger partial charge in [0.2, 0.25) is 0 Å². The number of benzene rings is 1. The lowest BCUT2D eigenvalue weighted by Crippen LogP contribution is -1.89. The van der Waals surface area contributed by atoms with Gasteiger partial charge in [0.25, 0.3) is 0 Å². The second-order valence-electron chi connectivity index (χ2n) is 2.90. The van der Waals surface area contributed by atoms with Gasteiger partial charge in [0.05, 0.1) is 11.3 Å². The number of hydrogen-bond donors (Lipinski definition) is 3. The van der Waals surface area contributed by atoms with Crippen molar-refractivity contribution in [3.05, 3.63) is 30.3 Å². The lowest BCUT2D eigenvalue weighted by molar-refractivity contribution is 0.463. The molecule has 1 aromatic carbocycles. The van der Waals surface area contributed by atoms with Crippen molar-refractivity contribution in [1.29, 1.82) is 0 Å². The van der Waals surface area contributed by atoms with E-state index in [4.69, 9.17) is 10.8 Å². The fourth-order valence-electron chi connectivity index (χ4n) is 0.794. The molecule has 0 atom stereocenters. The molecule has 3 nitrogen and oxygen atoms in total. The Kier molecular flexibility index (Phi) is 10.4. The second kappa shape index (κ2) is 9.90. The summed E-state index contributed by atoms with van der Waals surface area (Å²) in [5, 5.41) is 18.1. The summed E-state index contributed by atoms with van der Waals surface area (Å²) in [6.07, 6.45) is 1.25. The quantitative estimate of drug-likeness (QED) is 0.385. The zero-order chi connectivity index (χ0) is 13.1. The molecule has 0 aromatic heterocycles. The number of phenolic OH excluding ortho intramolecular Hbond substituents is 1. The van der Waals surface area contributed by atoms with Crippen LogP contribution < -0.4 is 5.73 Å².